The van der Waals surface area contributed by atoms with E-state index in [1.165, 1.54) is 19.3 Å². The minimum absolute atomic E-state index is 0.0299. The van der Waals surface area contributed by atoms with Gasteiger partial charge in [0.15, 0.2) is 11.5 Å². The van der Waals surface area contributed by atoms with E-state index in [9.17, 15) is 4.79 Å². The highest BCUT2D eigenvalue weighted by Gasteiger charge is 2.30. The summed E-state index contributed by atoms with van der Waals surface area (Å²) in [5.41, 5.74) is 1.02. The number of nitrogens with one attached hydrogen (secondary N) is 1. The molecule has 0 saturated carbocycles. The van der Waals surface area contributed by atoms with E-state index in [2.05, 4.69) is 10.2 Å². The van der Waals surface area contributed by atoms with Crippen LogP contribution in [0.25, 0.3) is 0 Å². The number of rotatable bonds is 8. The van der Waals surface area contributed by atoms with E-state index in [1.807, 2.05) is 25.1 Å². The van der Waals surface area contributed by atoms with Gasteiger partial charge in [0.05, 0.1) is 12.0 Å². The van der Waals surface area contributed by atoms with Crippen molar-refractivity contribution in [2.75, 3.05) is 38.6 Å². The molecule has 144 valence electrons. The lowest BCUT2D eigenvalue weighted by atomic mass is 10.1. The summed E-state index contributed by atoms with van der Waals surface area (Å²) in [6, 6.07) is 5.40. The van der Waals surface area contributed by atoms with Gasteiger partial charge in [0.25, 0.3) is 0 Å². The van der Waals surface area contributed by atoms with Gasteiger partial charge in [-0.3, -0.25) is 15.0 Å². The molecule has 2 unspecified atom stereocenters. The van der Waals surface area contributed by atoms with E-state index in [0.717, 1.165) is 36.7 Å². The van der Waals surface area contributed by atoms with E-state index in [-0.39, 0.29) is 5.37 Å². The number of piperidine rings is 1. The smallest absolute Gasteiger partial charge is 0.321 e. The maximum atomic E-state index is 11.1. The third kappa shape index (κ3) is 5.05. The van der Waals surface area contributed by atoms with Crippen molar-refractivity contribution < 1.29 is 19.4 Å². The number of carboxylic acids is 1. The molecule has 0 aliphatic carbocycles. The monoisotopic (exact) mass is 380 g/mol. The van der Waals surface area contributed by atoms with Gasteiger partial charge < -0.3 is 14.6 Å². The third-order valence-corrected chi connectivity index (χ3v) is 6.03. The van der Waals surface area contributed by atoms with Crippen molar-refractivity contribution in [3.8, 4) is 11.5 Å². The van der Waals surface area contributed by atoms with Gasteiger partial charge in [-0.25, -0.2) is 0 Å². The molecule has 0 amide bonds. The van der Waals surface area contributed by atoms with Crippen molar-refractivity contribution in [1.82, 2.24) is 10.2 Å². The molecule has 0 spiro atoms. The lowest BCUT2D eigenvalue weighted by Crippen LogP contribution is -2.33. The van der Waals surface area contributed by atoms with Crippen LogP contribution in [-0.4, -0.2) is 60.6 Å². The maximum Gasteiger partial charge on any atom is 0.321 e. The summed E-state index contributed by atoms with van der Waals surface area (Å²) in [6.07, 6.45) is 3.90. The number of hydrogen-bond acceptors (Lipinski definition) is 6. The van der Waals surface area contributed by atoms with Crippen LogP contribution in [-0.2, 0) is 4.79 Å². The molecule has 0 bridgehead atoms. The normalized spacial score (nSPS) is 23.7. The second kappa shape index (κ2) is 9.48. The highest BCUT2D eigenvalue weighted by atomic mass is 32.2. The van der Waals surface area contributed by atoms with Crippen LogP contribution in [0.2, 0.25) is 0 Å². The molecule has 0 radical (unpaired) electrons. The average Bonchev–Trinajstić information content (AvgIpc) is 3.14. The fourth-order valence-corrected chi connectivity index (χ4v) is 4.57. The Morgan fingerprint density at radius 1 is 1.27 bits per heavy atom. The SMILES string of the molecule is CCOc1cc(C2NC(C(=O)O)CS2)ccc1OCCN1CCCCC1. The van der Waals surface area contributed by atoms with Crippen LogP contribution in [0.5, 0.6) is 11.5 Å². The Bertz CT molecular complexity index is 607. The molecule has 2 atom stereocenters. The highest BCUT2D eigenvalue weighted by molar-refractivity contribution is 7.99. The summed E-state index contributed by atoms with van der Waals surface area (Å²) < 4.78 is 11.7. The Kier molecular flexibility index (Phi) is 7.05. The van der Waals surface area contributed by atoms with Gasteiger partial charge in [0.1, 0.15) is 12.6 Å². The first-order chi connectivity index (χ1) is 12.7. The minimum atomic E-state index is -0.803. The van der Waals surface area contributed by atoms with Gasteiger partial charge in [0, 0.05) is 12.3 Å². The lowest BCUT2D eigenvalue weighted by Gasteiger charge is -2.26. The Labute approximate surface area is 159 Å². The van der Waals surface area contributed by atoms with Crippen LogP contribution in [0.3, 0.4) is 0 Å². The van der Waals surface area contributed by atoms with Crippen molar-refractivity contribution in [1.29, 1.82) is 0 Å². The highest BCUT2D eigenvalue weighted by Crippen LogP contribution is 2.37. The Balaban J connectivity index is 1.60. The van der Waals surface area contributed by atoms with Gasteiger partial charge in [-0.1, -0.05) is 12.5 Å². The fraction of sp³-hybridized carbons (Fsp3) is 0.632. The molecular weight excluding hydrogens is 352 g/mol. The van der Waals surface area contributed by atoms with Crippen molar-refractivity contribution in [2.45, 2.75) is 37.6 Å². The molecule has 2 heterocycles. The van der Waals surface area contributed by atoms with Crippen LogP contribution in [0.4, 0.5) is 0 Å². The zero-order chi connectivity index (χ0) is 18.4. The predicted octanol–water partition coefficient (Wildman–Crippen LogP) is 2.74. The van der Waals surface area contributed by atoms with Crippen LogP contribution in [0, 0.1) is 0 Å². The quantitative estimate of drug-likeness (QED) is 0.718. The van der Waals surface area contributed by atoms with Crippen molar-refractivity contribution in [2.24, 2.45) is 0 Å². The van der Waals surface area contributed by atoms with Crippen molar-refractivity contribution in [3.63, 3.8) is 0 Å². The molecule has 2 aliphatic heterocycles. The topological polar surface area (TPSA) is 71.0 Å². The van der Waals surface area contributed by atoms with E-state index in [4.69, 9.17) is 14.6 Å². The number of benzene rings is 1. The molecule has 2 N–H and O–H groups in total. The Morgan fingerprint density at radius 2 is 2.08 bits per heavy atom. The molecule has 3 rings (SSSR count). The van der Waals surface area contributed by atoms with E-state index in [1.54, 1.807) is 11.8 Å². The minimum Gasteiger partial charge on any atom is -0.490 e. The third-order valence-electron chi connectivity index (χ3n) is 4.76. The number of ether oxygens (including phenoxy) is 2. The summed E-state index contributed by atoms with van der Waals surface area (Å²) >= 11 is 1.61. The number of aliphatic carboxylic acids is 1. The Morgan fingerprint density at radius 3 is 2.77 bits per heavy atom. The molecule has 7 heteroatoms. The number of nitrogens with zero attached hydrogens (tertiary/aromatic N) is 1. The number of likely N-dealkylation sites (tertiary alicyclic amines) is 1. The van der Waals surface area contributed by atoms with Crippen molar-refractivity contribution >= 4 is 17.7 Å². The van der Waals surface area contributed by atoms with Gasteiger partial charge in [-0.15, -0.1) is 11.8 Å². The second-order valence-electron chi connectivity index (χ2n) is 6.66. The number of carboxylic acid groups (broad SMARTS) is 1. The van der Waals surface area contributed by atoms with Gasteiger partial charge in [-0.2, -0.15) is 0 Å². The zero-order valence-corrected chi connectivity index (χ0v) is 16.1. The largest absolute Gasteiger partial charge is 0.490 e. The standard InChI is InChI=1S/C19H28N2O4S/c1-2-24-17-12-14(18-20-15(13-26-18)19(22)23)6-7-16(17)25-11-10-21-8-4-3-5-9-21/h6-7,12,15,18,20H,2-5,8-11,13H2,1H3,(H,22,23). The van der Waals surface area contributed by atoms with Gasteiger partial charge in [-0.05, 0) is 50.6 Å². The summed E-state index contributed by atoms with van der Waals surface area (Å²) in [5, 5.41) is 12.3. The van der Waals surface area contributed by atoms with Crippen LogP contribution < -0.4 is 14.8 Å². The number of thioether (sulfide) groups is 1. The molecular formula is C19H28N2O4S. The van der Waals surface area contributed by atoms with E-state index < -0.39 is 12.0 Å². The second-order valence-corrected chi connectivity index (χ2v) is 7.80. The first-order valence-electron chi connectivity index (χ1n) is 9.39. The summed E-state index contributed by atoms with van der Waals surface area (Å²) in [5.74, 6) is 1.25. The van der Waals surface area contributed by atoms with Crippen LogP contribution >= 0.6 is 11.8 Å². The summed E-state index contributed by atoms with van der Waals surface area (Å²) in [7, 11) is 0. The van der Waals surface area contributed by atoms with Crippen molar-refractivity contribution in [3.05, 3.63) is 23.8 Å². The summed E-state index contributed by atoms with van der Waals surface area (Å²) in [4.78, 5) is 13.6. The summed E-state index contributed by atoms with van der Waals surface area (Å²) in [6.45, 7) is 6.43. The molecule has 26 heavy (non-hydrogen) atoms. The Hall–Kier alpha value is -1.44. The van der Waals surface area contributed by atoms with Crippen LogP contribution in [0.1, 0.15) is 37.1 Å². The van der Waals surface area contributed by atoms with Crippen LogP contribution in [0.15, 0.2) is 18.2 Å². The zero-order valence-electron chi connectivity index (χ0n) is 15.3. The predicted molar refractivity (Wildman–Crippen MR) is 103 cm³/mol. The van der Waals surface area contributed by atoms with E-state index >= 15 is 0 Å². The molecule has 2 aliphatic rings. The molecule has 2 fully saturated rings. The van der Waals surface area contributed by atoms with E-state index in [0.29, 0.717) is 19.0 Å². The molecule has 2 saturated heterocycles. The molecule has 1 aromatic rings. The molecule has 0 aromatic heterocycles. The molecule has 1 aromatic carbocycles. The lowest BCUT2D eigenvalue weighted by molar-refractivity contribution is -0.138. The van der Waals surface area contributed by atoms with Gasteiger partial charge in [0.2, 0.25) is 0 Å². The maximum absolute atomic E-state index is 11.1. The molecule has 6 nitrogen and oxygen atoms in total. The number of carbonyl (C=O) groups is 1. The fourth-order valence-electron chi connectivity index (χ4n) is 3.35. The first-order valence-corrected chi connectivity index (χ1v) is 10.4. The number of hydrogen-bond donors (Lipinski definition) is 2. The first kappa shape index (κ1) is 19.3. The average molecular weight is 381 g/mol. The van der Waals surface area contributed by atoms with Gasteiger partial charge >= 0.3 is 5.97 Å².